The molecule has 1 aliphatic heterocycles. The minimum absolute atomic E-state index is 0. The maximum Gasteiger partial charge on any atom is 0.0836 e. The van der Waals surface area contributed by atoms with Crippen LogP contribution in [0.4, 0.5) is 11.4 Å². The van der Waals surface area contributed by atoms with E-state index in [-0.39, 0.29) is 12.4 Å². The second-order valence-electron chi connectivity index (χ2n) is 4.93. The van der Waals surface area contributed by atoms with Crippen molar-refractivity contribution in [1.82, 2.24) is 9.78 Å². The predicted octanol–water partition coefficient (Wildman–Crippen LogP) is 3.03. The Morgan fingerprint density at radius 3 is 2.90 bits per heavy atom. The first-order valence-corrected chi connectivity index (χ1v) is 6.83. The molecular formula is C14H18Cl2N4. The molecule has 0 bridgehead atoms. The second kappa shape index (κ2) is 5.94. The molecule has 0 saturated heterocycles. The molecule has 6 heteroatoms. The van der Waals surface area contributed by atoms with E-state index in [4.69, 9.17) is 17.3 Å². The van der Waals surface area contributed by atoms with E-state index in [1.807, 2.05) is 23.9 Å². The van der Waals surface area contributed by atoms with Crippen molar-refractivity contribution in [1.29, 1.82) is 0 Å². The van der Waals surface area contributed by atoms with Gasteiger partial charge in [0.15, 0.2) is 0 Å². The van der Waals surface area contributed by atoms with Crippen LogP contribution >= 0.6 is 24.0 Å². The van der Waals surface area contributed by atoms with Gasteiger partial charge in [0.2, 0.25) is 0 Å². The quantitative estimate of drug-likeness (QED) is 0.867. The zero-order chi connectivity index (χ0) is 13.4. The van der Waals surface area contributed by atoms with E-state index in [9.17, 15) is 0 Å². The van der Waals surface area contributed by atoms with E-state index in [0.717, 1.165) is 42.3 Å². The largest absolute Gasteiger partial charge is 0.398 e. The Bertz CT molecular complexity index is 590. The van der Waals surface area contributed by atoms with Crippen molar-refractivity contribution in [3.05, 3.63) is 40.7 Å². The van der Waals surface area contributed by atoms with Crippen LogP contribution in [0, 0.1) is 0 Å². The van der Waals surface area contributed by atoms with E-state index in [1.165, 1.54) is 11.3 Å². The molecule has 0 saturated carbocycles. The molecule has 2 N–H and O–H groups in total. The summed E-state index contributed by atoms with van der Waals surface area (Å²) < 4.78 is 1.84. The number of nitrogen functional groups attached to an aromatic ring is 1. The molecule has 0 amide bonds. The molecule has 0 spiro atoms. The maximum atomic E-state index is 6.19. The number of nitrogens with two attached hydrogens (primary N) is 1. The Morgan fingerprint density at radius 1 is 1.40 bits per heavy atom. The first kappa shape index (κ1) is 15.0. The summed E-state index contributed by atoms with van der Waals surface area (Å²) in [5.41, 5.74) is 10.5. The Labute approximate surface area is 129 Å². The number of nitrogens with zero attached hydrogens (tertiary/aromatic N) is 3. The number of aryl methyl sites for hydroxylation is 1. The SMILES string of the molecule is Cl.Cn1ncc(Cl)c1CN1CCCc2c(N)cccc21. The lowest BCUT2D eigenvalue weighted by Crippen LogP contribution is -2.30. The summed E-state index contributed by atoms with van der Waals surface area (Å²) in [6.45, 7) is 1.80. The fourth-order valence-electron chi connectivity index (χ4n) is 2.69. The highest BCUT2D eigenvalue weighted by atomic mass is 35.5. The van der Waals surface area contributed by atoms with Gasteiger partial charge in [0.1, 0.15) is 0 Å². The highest BCUT2D eigenvalue weighted by Gasteiger charge is 2.20. The highest BCUT2D eigenvalue weighted by molar-refractivity contribution is 6.31. The zero-order valence-electron chi connectivity index (χ0n) is 11.3. The third-order valence-electron chi connectivity index (χ3n) is 3.73. The van der Waals surface area contributed by atoms with Gasteiger partial charge >= 0.3 is 0 Å². The summed E-state index contributed by atoms with van der Waals surface area (Å²) >= 11 is 6.19. The first-order valence-electron chi connectivity index (χ1n) is 6.45. The number of rotatable bonds is 2. The molecule has 0 atom stereocenters. The number of aromatic nitrogens is 2. The van der Waals surface area contributed by atoms with Gasteiger partial charge in [0, 0.05) is 25.0 Å². The molecule has 20 heavy (non-hydrogen) atoms. The fraction of sp³-hybridized carbons (Fsp3) is 0.357. The van der Waals surface area contributed by atoms with Crippen LogP contribution in [0.5, 0.6) is 0 Å². The minimum atomic E-state index is 0. The maximum absolute atomic E-state index is 6.19. The van der Waals surface area contributed by atoms with Crippen molar-refractivity contribution < 1.29 is 0 Å². The summed E-state index contributed by atoms with van der Waals surface area (Å²) in [6.07, 6.45) is 3.87. The van der Waals surface area contributed by atoms with E-state index < -0.39 is 0 Å². The molecule has 2 aromatic rings. The van der Waals surface area contributed by atoms with Crippen LogP contribution in [-0.4, -0.2) is 16.3 Å². The normalized spacial score (nSPS) is 13.8. The van der Waals surface area contributed by atoms with Gasteiger partial charge in [-0.2, -0.15) is 5.10 Å². The molecule has 0 aliphatic carbocycles. The molecular weight excluding hydrogens is 295 g/mol. The third-order valence-corrected chi connectivity index (χ3v) is 4.05. The van der Waals surface area contributed by atoms with Gasteiger partial charge in [-0.15, -0.1) is 12.4 Å². The molecule has 1 aromatic carbocycles. The molecule has 2 heterocycles. The minimum Gasteiger partial charge on any atom is -0.398 e. The predicted molar refractivity (Wildman–Crippen MR) is 85.7 cm³/mol. The van der Waals surface area contributed by atoms with Crippen LogP contribution in [0.25, 0.3) is 0 Å². The van der Waals surface area contributed by atoms with Crippen molar-refractivity contribution >= 4 is 35.4 Å². The molecule has 4 nitrogen and oxygen atoms in total. The molecule has 0 radical (unpaired) electrons. The number of hydrogen-bond acceptors (Lipinski definition) is 3. The van der Waals surface area contributed by atoms with Gasteiger partial charge in [-0.05, 0) is 30.5 Å². The Kier molecular flexibility index (Phi) is 4.45. The number of fused-ring (bicyclic) bond motifs is 1. The Morgan fingerprint density at radius 2 is 2.20 bits per heavy atom. The first-order chi connectivity index (χ1) is 9.16. The van der Waals surface area contributed by atoms with Crippen molar-refractivity contribution in [2.24, 2.45) is 7.05 Å². The fourth-order valence-corrected chi connectivity index (χ4v) is 2.91. The van der Waals surface area contributed by atoms with E-state index in [2.05, 4.69) is 16.1 Å². The summed E-state index contributed by atoms with van der Waals surface area (Å²) in [4.78, 5) is 2.33. The monoisotopic (exact) mass is 312 g/mol. The van der Waals surface area contributed by atoms with Gasteiger partial charge in [0.05, 0.1) is 23.5 Å². The van der Waals surface area contributed by atoms with Crippen LogP contribution in [0.2, 0.25) is 5.02 Å². The van der Waals surface area contributed by atoms with Crippen molar-refractivity contribution in [3.63, 3.8) is 0 Å². The molecule has 108 valence electrons. The summed E-state index contributed by atoms with van der Waals surface area (Å²) in [6, 6.07) is 6.12. The van der Waals surface area contributed by atoms with Crippen LogP contribution in [-0.2, 0) is 20.0 Å². The Hall–Kier alpha value is -1.39. The molecule has 1 aliphatic rings. The average molecular weight is 313 g/mol. The zero-order valence-corrected chi connectivity index (χ0v) is 12.9. The average Bonchev–Trinajstić information content (AvgIpc) is 2.72. The van der Waals surface area contributed by atoms with Gasteiger partial charge in [-0.3, -0.25) is 4.68 Å². The summed E-state index contributed by atoms with van der Waals surface area (Å²) in [5.74, 6) is 0. The lowest BCUT2D eigenvalue weighted by molar-refractivity contribution is 0.645. The van der Waals surface area contributed by atoms with E-state index in [0.29, 0.717) is 0 Å². The van der Waals surface area contributed by atoms with Crippen LogP contribution < -0.4 is 10.6 Å². The van der Waals surface area contributed by atoms with Crippen molar-refractivity contribution in [3.8, 4) is 0 Å². The molecule has 1 aromatic heterocycles. The lowest BCUT2D eigenvalue weighted by atomic mass is 10.00. The molecule has 0 unspecified atom stereocenters. The van der Waals surface area contributed by atoms with Gasteiger partial charge in [-0.25, -0.2) is 0 Å². The second-order valence-corrected chi connectivity index (χ2v) is 5.34. The van der Waals surface area contributed by atoms with Gasteiger partial charge < -0.3 is 10.6 Å². The van der Waals surface area contributed by atoms with E-state index >= 15 is 0 Å². The number of benzene rings is 1. The highest BCUT2D eigenvalue weighted by Crippen LogP contribution is 2.32. The topological polar surface area (TPSA) is 47.1 Å². The molecule has 3 rings (SSSR count). The number of halogens is 2. The van der Waals surface area contributed by atoms with Gasteiger partial charge in [-0.1, -0.05) is 17.7 Å². The third kappa shape index (κ3) is 2.58. The molecule has 0 fully saturated rings. The number of anilines is 2. The van der Waals surface area contributed by atoms with E-state index in [1.54, 1.807) is 6.20 Å². The lowest BCUT2D eigenvalue weighted by Gasteiger charge is -2.32. The van der Waals surface area contributed by atoms with Crippen molar-refractivity contribution in [2.45, 2.75) is 19.4 Å². The standard InChI is InChI=1S/C14H17ClN4.ClH/c1-18-14(11(15)8-17-18)9-19-7-3-4-10-12(16)5-2-6-13(10)19;/h2,5-6,8H,3-4,7,9,16H2,1H3;1H. The number of hydrogen-bond donors (Lipinski definition) is 1. The van der Waals surface area contributed by atoms with Crippen LogP contribution in [0.3, 0.4) is 0 Å². The van der Waals surface area contributed by atoms with Crippen LogP contribution in [0.1, 0.15) is 17.7 Å². The van der Waals surface area contributed by atoms with Gasteiger partial charge in [0.25, 0.3) is 0 Å². The van der Waals surface area contributed by atoms with Crippen molar-refractivity contribution in [2.75, 3.05) is 17.2 Å². The van der Waals surface area contributed by atoms with Crippen LogP contribution in [0.15, 0.2) is 24.4 Å². The summed E-state index contributed by atoms with van der Waals surface area (Å²) in [7, 11) is 1.92. The Balaban J connectivity index is 0.00000147. The summed E-state index contributed by atoms with van der Waals surface area (Å²) in [5, 5.41) is 4.91. The smallest absolute Gasteiger partial charge is 0.0836 e.